The predicted octanol–water partition coefficient (Wildman–Crippen LogP) is 4.67. The van der Waals surface area contributed by atoms with Crippen molar-refractivity contribution in [2.24, 2.45) is 11.8 Å². The van der Waals surface area contributed by atoms with E-state index in [4.69, 9.17) is 5.11 Å². The lowest BCUT2D eigenvalue weighted by Crippen LogP contribution is -2.50. The Morgan fingerprint density at radius 2 is 1.00 bits per heavy atom. The Kier molecular flexibility index (Phi) is 5.92. The molecule has 6 heteroatoms. The number of carbonyl (C=O) groups excluding carboxylic acids is 2. The highest BCUT2D eigenvalue weighted by Crippen LogP contribution is 2.58. The van der Waals surface area contributed by atoms with Crippen LogP contribution in [0.2, 0.25) is 0 Å². The first kappa shape index (κ1) is 22.1. The van der Waals surface area contributed by atoms with Crippen molar-refractivity contribution in [2.75, 3.05) is 0 Å². The van der Waals surface area contributed by atoms with Crippen LogP contribution in [0.25, 0.3) is 0 Å². The quantitative estimate of drug-likeness (QED) is 0.515. The zero-order valence-electron chi connectivity index (χ0n) is 17.8. The highest BCUT2D eigenvalue weighted by atomic mass is 16.4. The summed E-state index contributed by atoms with van der Waals surface area (Å²) in [5, 5.41) is 18.4. The molecule has 166 valence electrons. The molecule has 4 atom stereocenters. The summed E-state index contributed by atoms with van der Waals surface area (Å²) in [7, 11) is 0. The van der Waals surface area contributed by atoms with Crippen LogP contribution in [-0.2, 0) is 4.79 Å². The molecule has 1 aliphatic carbocycles. The molecule has 2 N–H and O–H groups in total. The second kappa shape index (κ2) is 8.82. The van der Waals surface area contributed by atoms with Crippen LogP contribution in [0.4, 0.5) is 0 Å². The molecular weight excluding hydrogens is 420 g/mol. The maximum absolute atomic E-state index is 13.7. The van der Waals surface area contributed by atoms with Gasteiger partial charge in [-0.05, 0) is 42.3 Å². The van der Waals surface area contributed by atoms with Gasteiger partial charge in [-0.2, -0.15) is 0 Å². The molecule has 3 aromatic rings. The van der Waals surface area contributed by atoms with Crippen molar-refractivity contribution in [1.29, 1.82) is 0 Å². The first-order valence-corrected chi connectivity index (χ1v) is 10.6. The van der Waals surface area contributed by atoms with Crippen LogP contribution in [0.5, 0.6) is 0 Å². The van der Waals surface area contributed by atoms with Gasteiger partial charge in [0.05, 0.1) is 11.1 Å². The summed E-state index contributed by atoms with van der Waals surface area (Å²) in [6.07, 6.45) is 0. The number of benzene rings is 3. The fourth-order valence-corrected chi connectivity index (χ4v) is 4.90. The van der Waals surface area contributed by atoms with Gasteiger partial charge in [0.1, 0.15) is 5.78 Å². The number of aromatic carboxylic acids is 2. The van der Waals surface area contributed by atoms with E-state index < -0.39 is 29.7 Å². The lowest BCUT2D eigenvalue weighted by Gasteiger charge is -2.51. The molecule has 1 unspecified atom stereocenters. The predicted molar refractivity (Wildman–Crippen MR) is 121 cm³/mol. The molecule has 33 heavy (non-hydrogen) atoms. The van der Waals surface area contributed by atoms with E-state index in [9.17, 15) is 24.3 Å². The zero-order chi connectivity index (χ0) is 23.7. The number of carbonyl (C=O) groups is 4. The Hall–Kier alpha value is -4.06. The number of ketones is 2. The summed E-state index contributed by atoms with van der Waals surface area (Å²) >= 11 is 0. The molecule has 1 saturated carbocycles. The van der Waals surface area contributed by atoms with E-state index in [0.29, 0.717) is 5.56 Å². The topological polar surface area (TPSA) is 109 Å². The molecule has 0 radical (unpaired) electrons. The second-order valence-electron chi connectivity index (χ2n) is 8.30. The van der Waals surface area contributed by atoms with Crippen LogP contribution in [0.15, 0.2) is 78.9 Å². The fraction of sp³-hybridized carbons (Fsp3) is 0.185. The smallest absolute Gasteiger partial charge is 0.335 e. The molecule has 1 fully saturated rings. The molecule has 6 nitrogen and oxygen atoms in total. The van der Waals surface area contributed by atoms with E-state index in [1.165, 1.54) is 43.3 Å². The zero-order valence-corrected chi connectivity index (χ0v) is 17.8. The molecule has 0 bridgehead atoms. The summed E-state index contributed by atoms with van der Waals surface area (Å²) < 4.78 is 0. The Labute approximate surface area is 190 Å². The fourth-order valence-electron chi connectivity index (χ4n) is 4.90. The first-order valence-electron chi connectivity index (χ1n) is 10.6. The Morgan fingerprint density at radius 3 is 1.45 bits per heavy atom. The summed E-state index contributed by atoms with van der Waals surface area (Å²) in [6, 6.07) is 21.5. The van der Waals surface area contributed by atoms with Crippen LogP contribution >= 0.6 is 0 Å². The molecule has 0 spiro atoms. The minimum Gasteiger partial charge on any atom is -0.478 e. The molecule has 3 aromatic carbocycles. The number of rotatable bonds is 7. The van der Waals surface area contributed by atoms with Crippen molar-refractivity contribution in [3.8, 4) is 0 Å². The van der Waals surface area contributed by atoms with E-state index in [0.717, 1.165) is 11.1 Å². The average Bonchev–Trinajstić information content (AvgIpc) is 2.79. The summed E-state index contributed by atoms with van der Waals surface area (Å²) in [5.74, 6) is -4.07. The SMILES string of the molecule is CC(=O)[C@@H]1C(c2ccccc2)[C@@H](C(=O)c2ccc(C(=O)O)cc2)[C@H]1c1ccc(C(=O)O)cc1. The van der Waals surface area contributed by atoms with Gasteiger partial charge in [0.25, 0.3) is 0 Å². The Bertz CT molecular complexity index is 1210. The third-order valence-electron chi connectivity index (χ3n) is 6.46. The number of Topliss-reactive ketones (excluding diaryl/α,β-unsaturated/α-hetero) is 2. The van der Waals surface area contributed by atoms with E-state index in [2.05, 4.69) is 0 Å². The molecule has 0 aliphatic heterocycles. The van der Waals surface area contributed by atoms with Crippen molar-refractivity contribution in [1.82, 2.24) is 0 Å². The van der Waals surface area contributed by atoms with E-state index in [1.807, 2.05) is 30.3 Å². The van der Waals surface area contributed by atoms with Gasteiger partial charge < -0.3 is 10.2 Å². The molecule has 0 heterocycles. The average molecular weight is 442 g/mol. The molecular formula is C27H22O6. The standard InChI is InChI=1S/C27H22O6/c1-15(28)21-22(16-5-3-2-4-6-16)24(23(21)17-7-11-19(12-8-17)26(30)31)25(29)18-9-13-20(14-10-18)27(32)33/h2-14,21-24H,1H3,(H,30,31)(H,32,33)/t21-,22?,23+,24-/m1/s1. The van der Waals surface area contributed by atoms with Crippen LogP contribution < -0.4 is 0 Å². The first-order chi connectivity index (χ1) is 15.8. The van der Waals surface area contributed by atoms with Crippen LogP contribution in [0.1, 0.15) is 61.0 Å². The number of carboxylic acid groups (broad SMARTS) is 2. The maximum Gasteiger partial charge on any atom is 0.335 e. The lowest BCUT2D eigenvalue weighted by molar-refractivity contribution is -0.126. The van der Waals surface area contributed by atoms with Gasteiger partial charge in [-0.3, -0.25) is 9.59 Å². The van der Waals surface area contributed by atoms with Gasteiger partial charge >= 0.3 is 11.9 Å². The highest BCUT2D eigenvalue weighted by molar-refractivity contribution is 6.02. The number of carboxylic acids is 2. The van der Waals surface area contributed by atoms with Crippen LogP contribution in [0, 0.1) is 11.8 Å². The van der Waals surface area contributed by atoms with Crippen molar-refractivity contribution in [3.05, 3.63) is 107 Å². The normalized spacial score (nSPS) is 21.6. The lowest BCUT2D eigenvalue weighted by atomic mass is 9.50. The molecule has 0 saturated heterocycles. The van der Waals surface area contributed by atoms with Gasteiger partial charge in [-0.1, -0.05) is 54.6 Å². The minimum atomic E-state index is -1.08. The largest absolute Gasteiger partial charge is 0.478 e. The van der Waals surface area contributed by atoms with Gasteiger partial charge in [-0.15, -0.1) is 0 Å². The van der Waals surface area contributed by atoms with E-state index in [-0.39, 0.29) is 28.6 Å². The Balaban J connectivity index is 1.78. The molecule has 0 amide bonds. The Morgan fingerprint density at radius 1 is 0.576 bits per heavy atom. The maximum atomic E-state index is 13.7. The number of hydrogen-bond acceptors (Lipinski definition) is 4. The van der Waals surface area contributed by atoms with Crippen molar-refractivity contribution >= 4 is 23.5 Å². The molecule has 4 rings (SSSR count). The molecule has 0 aromatic heterocycles. The van der Waals surface area contributed by atoms with Crippen LogP contribution in [0.3, 0.4) is 0 Å². The number of hydrogen-bond donors (Lipinski definition) is 2. The van der Waals surface area contributed by atoms with Gasteiger partial charge in [0, 0.05) is 29.2 Å². The van der Waals surface area contributed by atoms with Crippen molar-refractivity contribution < 1.29 is 29.4 Å². The minimum absolute atomic E-state index is 0.0403. The van der Waals surface area contributed by atoms with Crippen molar-refractivity contribution in [2.45, 2.75) is 18.8 Å². The summed E-state index contributed by atoms with van der Waals surface area (Å²) in [4.78, 5) is 48.8. The summed E-state index contributed by atoms with van der Waals surface area (Å²) in [5.41, 5.74) is 2.20. The van der Waals surface area contributed by atoms with Gasteiger partial charge in [0.15, 0.2) is 5.78 Å². The van der Waals surface area contributed by atoms with Crippen molar-refractivity contribution in [3.63, 3.8) is 0 Å². The monoisotopic (exact) mass is 442 g/mol. The highest BCUT2D eigenvalue weighted by Gasteiger charge is 2.56. The van der Waals surface area contributed by atoms with Crippen LogP contribution in [-0.4, -0.2) is 33.7 Å². The third kappa shape index (κ3) is 4.07. The summed E-state index contributed by atoms with van der Waals surface area (Å²) in [6.45, 7) is 1.52. The van der Waals surface area contributed by atoms with E-state index >= 15 is 0 Å². The van der Waals surface area contributed by atoms with Gasteiger partial charge in [0.2, 0.25) is 0 Å². The second-order valence-corrected chi connectivity index (χ2v) is 8.30. The van der Waals surface area contributed by atoms with E-state index in [1.54, 1.807) is 12.1 Å². The van der Waals surface area contributed by atoms with Gasteiger partial charge in [-0.25, -0.2) is 9.59 Å². The molecule has 1 aliphatic rings. The third-order valence-corrected chi connectivity index (χ3v) is 6.46.